The largest absolute Gasteiger partial charge is 0.361 e. The summed E-state index contributed by atoms with van der Waals surface area (Å²) in [5, 5.41) is 2.84. The van der Waals surface area contributed by atoms with Crippen LogP contribution in [0.4, 0.5) is 0 Å². The second kappa shape index (κ2) is 7.66. The van der Waals surface area contributed by atoms with E-state index in [9.17, 15) is 4.79 Å². The van der Waals surface area contributed by atoms with Gasteiger partial charge in [-0.1, -0.05) is 47.5 Å². The van der Waals surface area contributed by atoms with Crippen LogP contribution in [0.3, 0.4) is 0 Å². The van der Waals surface area contributed by atoms with Crippen LogP contribution in [0.2, 0.25) is 0 Å². The van der Waals surface area contributed by atoms with Crippen molar-refractivity contribution < 1.29 is 9.53 Å². The second-order valence-electron chi connectivity index (χ2n) is 4.94. The summed E-state index contributed by atoms with van der Waals surface area (Å²) < 4.78 is 5.32. The Kier molecular flexibility index (Phi) is 7.39. The van der Waals surface area contributed by atoms with Crippen LogP contribution < -0.4 is 5.32 Å². The number of ether oxygens (including phenoxy) is 1. The van der Waals surface area contributed by atoms with Gasteiger partial charge in [-0.25, -0.2) is 0 Å². The predicted octanol–water partition coefficient (Wildman–Crippen LogP) is 2.95. The Bertz CT molecular complexity index is 202. The average molecular weight is 229 g/mol. The fourth-order valence-corrected chi connectivity index (χ4v) is 1.40. The van der Waals surface area contributed by atoms with Crippen molar-refractivity contribution in [2.24, 2.45) is 11.3 Å². The molecule has 0 saturated heterocycles. The number of amides is 1. The van der Waals surface area contributed by atoms with Crippen LogP contribution in [0.15, 0.2) is 0 Å². The number of nitrogens with one attached hydrogen (secondary N) is 1. The molecule has 0 spiro atoms. The van der Waals surface area contributed by atoms with Crippen LogP contribution in [0.5, 0.6) is 0 Å². The van der Waals surface area contributed by atoms with E-state index >= 15 is 0 Å². The summed E-state index contributed by atoms with van der Waals surface area (Å²) in [5.41, 5.74) is -0.317. The molecule has 0 aliphatic rings. The van der Waals surface area contributed by atoms with E-state index in [4.69, 9.17) is 4.74 Å². The first-order valence-corrected chi connectivity index (χ1v) is 6.32. The van der Waals surface area contributed by atoms with Crippen molar-refractivity contribution in [1.29, 1.82) is 0 Å². The summed E-state index contributed by atoms with van der Waals surface area (Å²) in [4.78, 5) is 11.9. The molecule has 16 heavy (non-hydrogen) atoms. The molecule has 1 amide bonds. The van der Waals surface area contributed by atoms with Crippen molar-refractivity contribution in [3.05, 3.63) is 0 Å². The lowest BCUT2D eigenvalue weighted by Crippen LogP contribution is -2.41. The summed E-state index contributed by atoms with van der Waals surface area (Å²) in [5.74, 6) is 0.460. The lowest BCUT2D eigenvalue weighted by atomic mass is 9.78. The zero-order valence-corrected chi connectivity index (χ0v) is 11.4. The standard InChI is InChI=1S/C13H27NO2/c1-6-8-9-16-10-14-12(15)13(4,5)11(3)7-2/h11H,6-10H2,1-5H3,(H,14,15). The highest BCUT2D eigenvalue weighted by molar-refractivity contribution is 5.81. The number of carbonyl (C=O) groups is 1. The molecule has 0 saturated carbocycles. The Hall–Kier alpha value is -0.570. The SMILES string of the molecule is CCCCOCNC(=O)C(C)(C)C(C)CC. The second-order valence-corrected chi connectivity index (χ2v) is 4.94. The molecule has 0 heterocycles. The van der Waals surface area contributed by atoms with Gasteiger partial charge in [-0.3, -0.25) is 4.79 Å². The van der Waals surface area contributed by atoms with Crippen molar-refractivity contribution in [1.82, 2.24) is 5.32 Å². The van der Waals surface area contributed by atoms with E-state index < -0.39 is 0 Å². The van der Waals surface area contributed by atoms with Gasteiger partial charge >= 0.3 is 0 Å². The van der Waals surface area contributed by atoms with Gasteiger partial charge in [-0.15, -0.1) is 0 Å². The number of rotatable bonds is 8. The average Bonchev–Trinajstić information content (AvgIpc) is 2.27. The van der Waals surface area contributed by atoms with E-state index in [0.29, 0.717) is 12.6 Å². The van der Waals surface area contributed by atoms with Crippen LogP contribution in [0.1, 0.15) is 53.9 Å². The Balaban J connectivity index is 3.87. The highest BCUT2D eigenvalue weighted by atomic mass is 16.5. The maximum Gasteiger partial charge on any atom is 0.227 e. The van der Waals surface area contributed by atoms with Gasteiger partial charge in [0.2, 0.25) is 5.91 Å². The summed E-state index contributed by atoms with van der Waals surface area (Å²) in [6.07, 6.45) is 3.17. The predicted molar refractivity (Wildman–Crippen MR) is 67.1 cm³/mol. The summed E-state index contributed by atoms with van der Waals surface area (Å²) in [7, 11) is 0. The van der Waals surface area contributed by atoms with E-state index in [-0.39, 0.29) is 11.3 Å². The van der Waals surface area contributed by atoms with Crippen molar-refractivity contribution in [3.8, 4) is 0 Å². The molecular weight excluding hydrogens is 202 g/mol. The molecule has 1 N–H and O–H groups in total. The molecule has 0 radical (unpaired) electrons. The molecule has 96 valence electrons. The molecule has 0 aliphatic carbocycles. The van der Waals surface area contributed by atoms with E-state index in [1.54, 1.807) is 0 Å². The fourth-order valence-electron chi connectivity index (χ4n) is 1.40. The first kappa shape index (κ1) is 15.4. The highest BCUT2D eigenvalue weighted by Crippen LogP contribution is 2.28. The summed E-state index contributed by atoms with van der Waals surface area (Å²) in [6.45, 7) is 11.4. The molecule has 0 aromatic heterocycles. The Labute approximate surface area is 99.9 Å². The molecule has 3 heteroatoms. The maximum absolute atomic E-state index is 11.9. The first-order chi connectivity index (χ1) is 7.46. The molecule has 0 aromatic carbocycles. The van der Waals surface area contributed by atoms with Crippen LogP contribution in [0, 0.1) is 11.3 Å². The Morgan fingerprint density at radius 2 is 2.00 bits per heavy atom. The highest BCUT2D eigenvalue weighted by Gasteiger charge is 2.32. The quantitative estimate of drug-likeness (QED) is 0.513. The van der Waals surface area contributed by atoms with Gasteiger partial charge < -0.3 is 10.1 Å². The maximum atomic E-state index is 11.9. The van der Waals surface area contributed by atoms with E-state index in [0.717, 1.165) is 25.9 Å². The lowest BCUT2D eigenvalue weighted by Gasteiger charge is -2.29. The fraction of sp³-hybridized carbons (Fsp3) is 0.923. The number of hydrogen-bond acceptors (Lipinski definition) is 2. The van der Waals surface area contributed by atoms with Gasteiger partial charge in [0.25, 0.3) is 0 Å². The van der Waals surface area contributed by atoms with Gasteiger partial charge in [-0.05, 0) is 12.3 Å². The number of hydrogen-bond donors (Lipinski definition) is 1. The molecule has 0 rings (SSSR count). The number of carbonyl (C=O) groups excluding carboxylic acids is 1. The van der Waals surface area contributed by atoms with E-state index in [1.165, 1.54) is 0 Å². The van der Waals surface area contributed by atoms with E-state index in [1.807, 2.05) is 13.8 Å². The van der Waals surface area contributed by atoms with Crippen molar-refractivity contribution in [2.45, 2.75) is 53.9 Å². The topological polar surface area (TPSA) is 38.3 Å². The normalized spacial score (nSPS) is 13.6. The van der Waals surface area contributed by atoms with Gasteiger partial charge in [0.1, 0.15) is 6.73 Å². The molecule has 0 bridgehead atoms. The molecule has 1 unspecified atom stereocenters. The third kappa shape index (κ3) is 4.97. The summed E-state index contributed by atoms with van der Waals surface area (Å²) in [6, 6.07) is 0. The third-order valence-electron chi connectivity index (χ3n) is 3.41. The van der Waals surface area contributed by atoms with Crippen LogP contribution >= 0.6 is 0 Å². The van der Waals surface area contributed by atoms with Gasteiger partial charge in [-0.2, -0.15) is 0 Å². The Morgan fingerprint density at radius 1 is 1.38 bits per heavy atom. The monoisotopic (exact) mass is 229 g/mol. The van der Waals surface area contributed by atoms with E-state index in [2.05, 4.69) is 26.1 Å². The zero-order chi connectivity index (χ0) is 12.6. The number of unbranched alkanes of at least 4 members (excludes halogenated alkanes) is 1. The van der Waals surface area contributed by atoms with Gasteiger partial charge in [0.15, 0.2) is 0 Å². The van der Waals surface area contributed by atoms with Gasteiger partial charge in [0.05, 0.1) is 0 Å². The lowest BCUT2D eigenvalue weighted by molar-refractivity contribution is -0.133. The minimum atomic E-state index is -0.317. The van der Waals surface area contributed by atoms with Crippen LogP contribution in [-0.2, 0) is 9.53 Å². The molecule has 0 aromatic rings. The minimum Gasteiger partial charge on any atom is -0.361 e. The third-order valence-corrected chi connectivity index (χ3v) is 3.41. The van der Waals surface area contributed by atoms with Crippen molar-refractivity contribution in [2.75, 3.05) is 13.3 Å². The first-order valence-electron chi connectivity index (χ1n) is 6.32. The van der Waals surface area contributed by atoms with Gasteiger partial charge in [0, 0.05) is 12.0 Å². The Morgan fingerprint density at radius 3 is 2.50 bits per heavy atom. The molecule has 0 aliphatic heterocycles. The molecule has 3 nitrogen and oxygen atoms in total. The van der Waals surface area contributed by atoms with Crippen molar-refractivity contribution in [3.63, 3.8) is 0 Å². The van der Waals surface area contributed by atoms with Crippen LogP contribution in [-0.4, -0.2) is 19.2 Å². The molecule has 1 atom stereocenters. The smallest absolute Gasteiger partial charge is 0.227 e. The molecule has 0 fully saturated rings. The minimum absolute atomic E-state index is 0.0818. The molecular formula is C13H27NO2. The zero-order valence-electron chi connectivity index (χ0n) is 11.4. The van der Waals surface area contributed by atoms with Crippen LogP contribution in [0.25, 0.3) is 0 Å². The van der Waals surface area contributed by atoms with Crippen molar-refractivity contribution >= 4 is 5.91 Å². The summed E-state index contributed by atoms with van der Waals surface area (Å²) >= 11 is 0.